The monoisotopic (exact) mass is 729 g/mol. The molecule has 0 aliphatic rings. The summed E-state index contributed by atoms with van der Waals surface area (Å²) in [5.74, 6) is 1.56. The lowest BCUT2D eigenvalue weighted by Crippen LogP contribution is -2.06. The van der Waals surface area contributed by atoms with Crippen molar-refractivity contribution in [3.63, 3.8) is 0 Å². The summed E-state index contributed by atoms with van der Waals surface area (Å²) in [4.78, 5) is 11.2. The van der Waals surface area contributed by atoms with Crippen LogP contribution in [0, 0.1) is 0 Å². The smallest absolute Gasteiger partial charge is 0.237 e. The van der Waals surface area contributed by atoms with Crippen molar-refractivity contribution in [2.45, 2.75) is 0 Å². The summed E-state index contributed by atoms with van der Waals surface area (Å²) in [6, 6.07) is 59.5. The van der Waals surface area contributed by atoms with Gasteiger partial charge in [0.15, 0.2) is 5.82 Å². The Bertz CT molecular complexity index is 3960. The van der Waals surface area contributed by atoms with Gasteiger partial charge >= 0.3 is 0 Å². The van der Waals surface area contributed by atoms with Crippen LogP contribution in [-0.2, 0) is 0 Å². The molecule has 6 heteroatoms. The van der Waals surface area contributed by atoms with E-state index in [0.717, 1.165) is 43.5 Å². The van der Waals surface area contributed by atoms with Crippen LogP contribution in [-0.4, -0.2) is 23.5 Å². The van der Waals surface area contributed by atoms with E-state index in [-0.39, 0.29) is 0 Å². The molecule has 0 aliphatic heterocycles. The van der Waals surface area contributed by atoms with Gasteiger partial charge < -0.3 is 4.40 Å². The maximum Gasteiger partial charge on any atom is 0.237 e. The first-order chi connectivity index (χ1) is 27.8. The Morgan fingerprint density at radius 2 is 0.964 bits per heavy atom. The predicted octanol–water partition coefficient (Wildman–Crippen LogP) is 13.3. The van der Waals surface area contributed by atoms with E-state index in [4.69, 9.17) is 9.97 Å². The fourth-order valence-corrected chi connectivity index (χ4v) is 11.1. The minimum atomic E-state index is 0.665. The van der Waals surface area contributed by atoms with Gasteiger partial charge in [-0.3, -0.25) is 9.13 Å². The third-order valence-corrected chi connectivity index (χ3v) is 13.3. The fourth-order valence-electron chi connectivity index (χ4n) is 9.96. The van der Waals surface area contributed by atoms with Crippen molar-refractivity contribution < 1.29 is 0 Å². The van der Waals surface area contributed by atoms with Gasteiger partial charge in [-0.1, -0.05) is 121 Å². The number of para-hydroxylation sites is 4. The summed E-state index contributed by atoms with van der Waals surface area (Å²) >= 11 is 1.78. The molecule has 0 N–H and O–H groups in total. The molecule has 6 aromatic heterocycles. The Morgan fingerprint density at radius 3 is 1.71 bits per heavy atom. The van der Waals surface area contributed by atoms with Crippen molar-refractivity contribution >= 4 is 124 Å². The van der Waals surface area contributed by atoms with E-state index in [2.05, 4.69) is 177 Å². The lowest BCUT2D eigenvalue weighted by molar-refractivity contribution is 0.976. The van der Waals surface area contributed by atoms with E-state index in [1.165, 1.54) is 75.1 Å². The topological polar surface area (TPSA) is 40.0 Å². The average molecular weight is 730 g/mol. The first-order valence-corrected chi connectivity index (χ1v) is 19.8. The van der Waals surface area contributed by atoms with Crippen molar-refractivity contribution in [2.75, 3.05) is 0 Å². The van der Waals surface area contributed by atoms with E-state index >= 15 is 0 Å². The molecule has 14 aromatic rings. The summed E-state index contributed by atoms with van der Waals surface area (Å²) in [5.41, 5.74) is 9.15. The maximum atomic E-state index is 5.69. The van der Waals surface area contributed by atoms with Gasteiger partial charge in [-0.05, 0) is 53.2 Å². The maximum absolute atomic E-state index is 5.69. The SMILES string of the molecule is c1ccc2c(c1)ccc1c2c2c3c4ccccc4n(-c4nc(-n5c6ccccc6c6ccccc65)nc5c4sc4ccccc45)c3cc3c4ccccc4n1c32. The Kier molecular flexibility index (Phi) is 5.34. The van der Waals surface area contributed by atoms with Gasteiger partial charge in [-0.2, -0.15) is 4.98 Å². The van der Waals surface area contributed by atoms with Crippen LogP contribution in [0.3, 0.4) is 0 Å². The van der Waals surface area contributed by atoms with E-state index < -0.39 is 0 Å². The number of nitrogens with zero attached hydrogens (tertiary/aromatic N) is 5. The van der Waals surface area contributed by atoms with Crippen molar-refractivity contribution in [3.05, 3.63) is 164 Å². The summed E-state index contributed by atoms with van der Waals surface area (Å²) in [7, 11) is 0. The zero-order valence-corrected chi connectivity index (χ0v) is 30.5. The molecule has 8 aromatic carbocycles. The van der Waals surface area contributed by atoms with Gasteiger partial charge in [-0.25, -0.2) is 4.98 Å². The lowest BCUT2D eigenvalue weighted by atomic mass is 9.98. The highest BCUT2D eigenvalue weighted by atomic mass is 32.1. The van der Waals surface area contributed by atoms with Crippen LogP contribution in [0.1, 0.15) is 0 Å². The predicted molar refractivity (Wildman–Crippen MR) is 236 cm³/mol. The van der Waals surface area contributed by atoms with Crippen LogP contribution in [0.4, 0.5) is 0 Å². The second-order valence-electron chi connectivity index (χ2n) is 14.9. The molecule has 0 radical (unpaired) electrons. The Balaban J connectivity index is 1.23. The van der Waals surface area contributed by atoms with Crippen molar-refractivity contribution in [3.8, 4) is 11.8 Å². The molecular weight excluding hydrogens is 703 g/mol. The molecule has 0 bridgehead atoms. The van der Waals surface area contributed by atoms with Crippen molar-refractivity contribution in [1.29, 1.82) is 0 Å². The van der Waals surface area contributed by atoms with Crippen LogP contribution < -0.4 is 0 Å². The molecule has 0 saturated carbocycles. The largest absolute Gasteiger partial charge is 0.308 e. The molecule has 0 spiro atoms. The molecule has 5 nitrogen and oxygen atoms in total. The van der Waals surface area contributed by atoms with Crippen LogP contribution in [0.5, 0.6) is 0 Å². The highest BCUT2D eigenvalue weighted by Crippen LogP contribution is 2.49. The van der Waals surface area contributed by atoms with Crippen LogP contribution >= 0.6 is 11.3 Å². The van der Waals surface area contributed by atoms with E-state index in [1.54, 1.807) is 11.3 Å². The first-order valence-electron chi connectivity index (χ1n) is 19.0. The second kappa shape index (κ2) is 10.3. The van der Waals surface area contributed by atoms with Gasteiger partial charge in [0.1, 0.15) is 0 Å². The molecule has 56 heavy (non-hydrogen) atoms. The van der Waals surface area contributed by atoms with Gasteiger partial charge in [0.05, 0.1) is 48.8 Å². The summed E-state index contributed by atoms with van der Waals surface area (Å²) in [6.07, 6.45) is 0. The highest BCUT2D eigenvalue weighted by molar-refractivity contribution is 7.26. The molecular formula is C50H27N5S. The number of hydrogen-bond donors (Lipinski definition) is 0. The molecule has 6 heterocycles. The standard InChI is InChI=1S/C50H27N5S/c1-2-14-29-28(13-1)25-26-40-43(29)45-44-33-18-6-11-23-39(33)54(41(44)27-35-32-17-5-8-20-36(32)53(40)47(35)45)49-48-46(34-19-7-12-24-42(34)56-48)51-50(52-49)55-37-21-9-3-15-30(37)31-16-4-10-22-38(31)55/h1-27H. The minimum absolute atomic E-state index is 0.665. The zero-order chi connectivity index (χ0) is 36.2. The van der Waals surface area contributed by atoms with E-state index in [1.807, 2.05) is 0 Å². The van der Waals surface area contributed by atoms with Crippen LogP contribution in [0.2, 0.25) is 0 Å². The average Bonchev–Trinajstić information content (AvgIpc) is 4.05. The molecule has 258 valence electrons. The van der Waals surface area contributed by atoms with E-state index in [0.29, 0.717) is 5.95 Å². The highest BCUT2D eigenvalue weighted by Gasteiger charge is 2.27. The minimum Gasteiger partial charge on any atom is -0.308 e. The molecule has 0 saturated heterocycles. The third-order valence-electron chi connectivity index (χ3n) is 12.2. The normalized spacial score (nSPS) is 12.6. The molecule has 0 unspecified atom stereocenters. The van der Waals surface area contributed by atoms with Crippen LogP contribution in [0.15, 0.2) is 164 Å². The van der Waals surface area contributed by atoms with E-state index in [9.17, 15) is 0 Å². The van der Waals surface area contributed by atoms with Gasteiger partial charge in [-0.15, -0.1) is 11.3 Å². The molecule has 0 atom stereocenters. The molecule has 0 amide bonds. The number of thiophene rings is 1. The Labute approximate surface area is 321 Å². The lowest BCUT2D eigenvalue weighted by Gasteiger charge is -2.12. The third kappa shape index (κ3) is 3.47. The molecule has 14 rings (SSSR count). The van der Waals surface area contributed by atoms with Gasteiger partial charge in [0, 0.05) is 53.2 Å². The van der Waals surface area contributed by atoms with Crippen molar-refractivity contribution in [1.82, 2.24) is 23.5 Å². The zero-order valence-electron chi connectivity index (χ0n) is 29.7. The van der Waals surface area contributed by atoms with Gasteiger partial charge in [0.2, 0.25) is 5.95 Å². The second-order valence-corrected chi connectivity index (χ2v) is 16.0. The summed E-state index contributed by atoms with van der Waals surface area (Å²) in [6.45, 7) is 0. The fraction of sp³-hybridized carbons (Fsp3) is 0. The number of fused-ring (bicyclic) bond motifs is 18. The summed E-state index contributed by atoms with van der Waals surface area (Å²) in [5, 5.41) is 13.6. The number of aromatic nitrogens is 5. The number of benzene rings is 8. The van der Waals surface area contributed by atoms with Crippen molar-refractivity contribution in [2.24, 2.45) is 0 Å². The summed E-state index contributed by atoms with van der Waals surface area (Å²) < 4.78 is 9.46. The quantitative estimate of drug-likeness (QED) is 0.178. The van der Waals surface area contributed by atoms with Gasteiger partial charge in [0.25, 0.3) is 0 Å². The first kappa shape index (κ1) is 29.1. The Morgan fingerprint density at radius 1 is 0.393 bits per heavy atom. The number of rotatable bonds is 2. The molecule has 0 aliphatic carbocycles. The molecule has 0 fully saturated rings. The number of hydrogen-bond acceptors (Lipinski definition) is 3. The van der Waals surface area contributed by atoms with Crippen LogP contribution in [0.25, 0.3) is 125 Å². The Hall–Kier alpha value is -7.28.